The average Bonchev–Trinajstić information content (AvgIpc) is 2.77. The van der Waals surface area contributed by atoms with E-state index in [-0.39, 0.29) is 25.4 Å². The van der Waals surface area contributed by atoms with E-state index in [9.17, 15) is 33.7 Å². The van der Waals surface area contributed by atoms with E-state index in [1.165, 1.54) is 59.4 Å². The van der Waals surface area contributed by atoms with Gasteiger partial charge in [-0.2, -0.15) is 13.1 Å². The molecular weight excluding hydrogens is 581 g/mol. The van der Waals surface area contributed by atoms with Gasteiger partial charge in [-0.15, -0.1) is 4.40 Å². The molecule has 0 aromatic heterocycles. The highest BCUT2D eigenvalue weighted by molar-refractivity contribution is 7.91. The van der Waals surface area contributed by atoms with Crippen LogP contribution in [-0.4, -0.2) is 82.5 Å². The highest BCUT2D eigenvalue weighted by Crippen LogP contribution is 2.31. The number of sulfonamides is 4. The molecule has 2 aliphatic heterocycles. The summed E-state index contributed by atoms with van der Waals surface area (Å²) < 4.78 is 104. The molecule has 0 amide bonds. The summed E-state index contributed by atoms with van der Waals surface area (Å²) >= 11 is 0. The molecule has 14 nitrogen and oxygen atoms in total. The number of benzene rings is 2. The Morgan fingerprint density at radius 3 is 1.76 bits per heavy atom. The lowest BCUT2D eigenvalue weighted by Gasteiger charge is -2.25. The molecule has 0 saturated carbocycles. The summed E-state index contributed by atoms with van der Waals surface area (Å²) in [6.45, 7) is 3.18. The molecule has 1 unspecified atom stereocenters. The van der Waals surface area contributed by atoms with Crippen LogP contribution in [0.5, 0.6) is 0 Å². The Bertz CT molecular complexity index is 1730. The predicted octanol–water partition coefficient (Wildman–Crippen LogP) is 0.456. The van der Waals surface area contributed by atoms with Crippen molar-refractivity contribution in [2.75, 3.05) is 38.8 Å². The average molecular weight is 609 g/mol. The number of amidine groups is 1. The summed E-state index contributed by atoms with van der Waals surface area (Å²) in [6.07, 6.45) is -0.436. The smallest absolute Gasteiger partial charge is 0.286 e. The Morgan fingerprint density at radius 2 is 1.26 bits per heavy atom. The standard InChI is InChI=1S/C10H15N3O4S2.C10H13N3O4S2/c2*1-7-11-9-5-4-8(19(16,17)13(2)3)6-10(9)18(14,15)12-7/h4-7,11-12H,1-3H3;4-6H,1-3H3,(H,11,12). The SMILES string of the molecule is CC1=NS(=O)(=O)c2cc(S(=O)(=O)N(C)C)ccc2N1.CC1Nc2ccc(S(=O)(=O)N(C)C)cc2S(=O)(=O)N1. The Labute approximate surface area is 223 Å². The van der Waals surface area contributed by atoms with Gasteiger partial charge < -0.3 is 10.6 Å². The van der Waals surface area contributed by atoms with Gasteiger partial charge in [0.25, 0.3) is 10.0 Å². The van der Waals surface area contributed by atoms with Crippen LogP contribution in [0, 0.1) is 0 Å². The first-order valence-electron chi connectivity index (χ1n) is 10.8. The van der Waals surface area contributed by atoms with E-state index in [4.69, 9.17) is 0 Å². The zero-order valence-electron chi connectivity index (χ0n) is 21.3. The third-order valence-electron chi connectivity index (χ3n) is 5.31. The van der Waals surface area contributed by atoms with Crippen LogP contribution >= 0.6 is 0 Å². The molecule has 3 N–H and O–H groups in total. The van der Waals surface area contributed by atoms with Gasteiger partial charge in [0.15, 0.2) is 0 Å². The normalized spacial score (nSPS) is 19.7. The van der Waals surface area contributed by atoms with Crippen molar-refractivity contribution in [3.63, 3.8) is 0 Å². The van der Waals surface area contributed by atoms with Crippen molar-refractivity contribution in [3.8, 4) is 0 Å². The van der Waals surface area contributed by atoms with Crippen molar-refractivity contribution in [1.82, 2.24) is 13.3 Å². The van der Waals surface area contributed by atoms with E-state index >= 15 is 0 Å². The molecule has 0 fully saturated rings. The second-order valence-corrected chi connectivity index (χ2v) is 16.2. The summed E-state index contributed by atoms with van der Waals surface area (Å²) in [6, 6.07) is 7.89. The Morgan fingerprint density at radius 1 is 0.789 bits per heavy atom. The Kier molecular flexibility index (Phi) is 8.02. The van der Waals surface area contributed by atoms with E-state index in [1.807, 2.05) is 0 Å². The van der Waals surface area contributed by atoms with E-state index in [2.05, 4.69) is 19.8 Å². The molecule has 0 aliphatic carbocycles. The van der Waals surface area contributed by atoms with Crippen LogP contribution in [0.2, 0.25) is 0 Å². The molecule has 4 rings (SSSR count). The number of nitrogens with one attached hydrogen (secondary N) is 3. The van der Waals surface area contributed by atoms with Crippen molar-refractivity contribution < 1.29 is 33.7 Å². The molecule has 1 atom stereocenters. The van der Waals surface area contributed by atoms with Gasteiger partial charge in [-0.25, -0.2) is 33.9 Å². The van der Waals surface area contributed by atoms with Crippen LogP contribution in [0.3, 0.4) is 0 Å². The van der Waals surface area contributed by atoms with Crippen LogP contribution in [0.1, 0.15) is 13.8 Å². The van der Waals surface area contributed by atoms with E-state index < -0.39 is 46.3 Å². The van der Waals surface area contributed by atoms with Crippen molar-refractivity contribution in [2.45, 2.75) is 39.6 Å². The molecule has 2 aliphatic rings. The minimum Gasteiger partial charge on any atom is -0.368 e. The first-order valence-corrected chi connectivity index (χ1v) is 16.6. The Balaban J connectivity index is 0.000000211. The lowest BCUT2D eigenvalue weighted by Crippen LogP contribution is -2.42. The third kappa shape index (κ3) is 5.85. The monoisotopic (exact) mass is 608 g/mol. The highest BCUT2D eigenvalue weighted by Gasteiger charge is 2.30. The summed E-state index contributed by atoms with van der Waals surface area (Å²) in [4.78, 5) is -0.344. The molecule has 38 heavy (non-hydrogen) atoms. The van der Waals surface area contributed by atoms with Gasteiger partial charge in [0.2, 0.25) is 30.1 Å². The van der Waals surface area contributed by atoms with Gasteiger partial charge in [-0.05, 0) is 50.2 Å². The quantitative estimate of drug-likeness (QED) is 0.439. The van der Waals surface area contributed by atoms with Crippen LogP contribution in [0.25, 0.3) is 0 Å². The molecular formula is C20H28N6O8S4. The van der Waals surface area contributed by atoms with E-state index in [1.54, 1.807) is 6.92 Å². The lowest BCUT2D eigenvalue weighted by molar-refractivity contribution is 0.519. The second-order valence-electron chi connectivity index (χ2n) is 8.65. The molecule has 18 heteroatoms. The maximum absolute atomic E-state index is 12.0. The molecule has 0 saturated heterocycles. The van der Waals surface area contributed by atoms with Gasteiger partial charge >= 0.3 is 0 Å². The zero-order chi connectivity index (χ0) is 28.8. The number of nitrogens with zero attached hydrogens (tertiary/aromatic N) is 3. The van der Waals surface area contributed by atoms with Gasteiger partial charge in [-0.1, -0.05) is 0 Å². The van der Waals surface area contributed by atoms with Crippen molar-refractivity contribution in [1.29, 1.82) is 0 Å². The number of hydrogen-bond donors (Lipinski definition) is 3. The predicted molar refractivity (Wildman–Crippen MR) is 142 cm³/mol. The number of anilines is 2. The third-order valence-corrected chi connectivity index (χ3v) is 11.9. The minimum absolute atomic E-state index is 0.0574. The molecule has 2 heterocycles. The molecule has 210 valence electrons. The molecule has 0 bridgehead atoms. The minimum atomic E-state index is -3.86. The van der Waals surface area contributed by atoms with Crippen molar-refractivity contribution in [2.24, 2.45) is 4.40 Å². The van der Waals surface area contributed by atoms with E-state index in [0.29, 0.717) is 11.4 Å². The van der Waals surface area contributed by atoms with Crippen LogP contribution in [0.4, 0.5) is 11.4 Å². The molecule has 2 aromatic rings. The van der Waals surface area contributed by atoms with E-state index in [0.717, 1.165) is 20.7 Å². The molecule has 0 spiro atoms. The van der Waals surface area contributed by atoms with Gasteiger partial charge in [0.05, 0.1) is 27.3 Å². The zero-order valence-corrected chi connectivity index (χ0v) is 24.5. The topological polar surface area (TPSA) is 191 Å². The first-order chi connectivity index (χ1) is 17.3. The summed E-state index contributed by atoms with van der Waals surface area (Å²) in [5.41, 5.74) is 0.717. The van der Waals surface area contributed by atoms with Crippen LogP contribution in [0.15, 0.2) is 60.4 Å². The molecule has 0 radical (unpaired) electrons. The summed E-state index contributed by atoms with van der Waals surface area (Å²) in [7, 11) is -9.36. The maximum atomic E-state index is 12.0. The highest BCUT2D eigenvalue weighted by atomic mass is 32.2. The number of hydrogen-bond acceptors (Lipinski definition) is 10. The summed E-state index contributed by atoms with van der Waals surface area (Å²) in [5, 5.41) is 5.71. The second kappa shape index (κ2) is 10.2. The van der Waals surface area contributed by atoms with Crippen molar-refractivity contribution >= 4 is 57.3 Å². The first kappa shape index (κ1) is 29.9. The van der Waals surface area contributed by atoms with Gasteiger partial charge in [0, 0.05) is 28.2 Å². The Hall–Kier alpha value is -2.61. The summed E-state index contributed by atoms with van der Waals surface area (Å²) in [5.74, 6) is 0.246. The molecule has 2 aromatic carbocycles. The lowest BCUT2D eigenvalue weighted by atomic mass is 10.3. The van der Waals surface area contributed by atoms with Crippen LogP contribution in [-0.2, 0) is 40.1 Å². The van der Waals surface area contributed by atoms with Crippen molar-refractivity contribution in [3.05, 3.63) is 36.4 Å². The fraction of sp³-hybridized carbons (Fsp3) is 0.350. The fourth-order valence-corrected chi connectivity index (χ4v) is 7.95. The maximum Gasteiger partial charge on any atom is 0.286 e. The van der Waals surface area contributed by atoms with Crippen LogP contribution < -0.4 is 15.4 Å². The van der Waals surface area contributed by atoms with Gasteiger partial charge in [-0.3, -0.25) is 0 Å². The van der Waals surface area contributed by atoms with Gasteiger partial charge in [0.1, 0.15) is 15.6 Å². The fourth-order valence-electron chi connectivity index (χ4n) is 3.41. The largest absolute Gasteiger partial charge is 0.368 e. The number of rotatable bonds is 4. The number of fused-ring (bicyclic) bond motifs is 2.